The predicted octanol–water partition coefficient (Wildman–Crippen LogP) is 5.19. The zero-order valence-corrected chi connectivity index (χ0v) is 20.5. The molecular weight excluding hydrogens is 464 g/mol. The molecule has 0 aliphatic carbocycles. The lowest BCUT2D eigenvalue weighted by Gasteiger charge is -2.31. The highest BCUT2D eigenvalue weighted by Crippen LogP contribution is 2.37. The van der Waals surface area contributed by atoms with Gasteiger partial charge in [0.1, 0.15) is 0 Å². The lowest BCUT2D eigenvalue weighted by atomic mass is 9.82. The molecule has 0 bridgehead atoms. The summed E-state index contributed by atoms with van der Waals surface area (Å²) in [6.45, 7) is 4.44. The van der Waals surface area contributed by atoms with Crippen LogP contribution in [0.15, 0.2) is 60.8 Å². The van der Waals surface area contributed by atoms with Gasteiger partial charge in [-0.15, -0.1) is 0 Å². The Morgan fingerprint density at radius 3 is 2.34 bits per heavy atom. The number of piperidine rings is 1. The van der Waals surface area contributed by atoms with Crippen LogP contribution in [-0.4, -0.2) is 62.9 Å². The standard InChI is InChI=1S/C27H29ClN4O3/c1-27(20-5-3-2-4-6-20)13-16-31(18-27)25(33)23-17-29-32(22-9-7-21(28)8-10-22)24(23)19-11-14-30(15-12-19)26(34)35/h2-10,17,19H,11-16,18H2,1H3,(H,34,35). The second kappa shape index (κ2) is 9.38. The van der Waals surface area contributed by atoms with Gasteiger partial charge in [-0.3, -0.25) is 4.79 Å². The van der Waals surface area contributed by atoms with Gasteiger partial charge >= 0.3 is 6.09 Å². The molecule has 1 unspecified atom stereocenters. The van der Waals surface area contributed by atoms with Crippen molar-refractivity contribution in [3.05, 3.63) is 82.6 Å². The Morgan fingerprint density at radius 2 is 1.69 bits per heavy atom. The predicted molar refractivity (Wildman–Crippen MR) is 134 cm³/mol. The number of carboxylic acid groups (broad SMARTS) is 1. The highest BCUT2D eigenvalue weighted by molar-refractivity contribution is 6.30. The van der Waals surface area contributed by atoms with Crippen LogP contribution in [0.25, 0.3) is 5.69 Å². The number of aromatic nitrogens is 2. The summed E-state index contributed by atoms with van der Waals surface area (Å²) in [5, 5.41) is 14.6. The third-order valence-electron chi connectivity index (χ3n) is 7.49. The van der Waals surface area contributed by atoms with Gasteiger partial charge in [0.2, 0.25) is 0 Å². The molecule has 0 saturated carbocycles. The molecule has 1 aromatic heterocycles. The SMILES string of the molecule is CC1(c2ccccc2)CCN(C(=O)c2cnn(-c3ccc(Cl)cc3)c2C2CCN(C(=O)O)CC2)C1. The highest BCUT2D eigenvalue weighted by atomic mass is 35.5. The summed E-state index contributed by atoms with van der Waals surface area (Å²) in [4.78, 5) is 28.7. The molecular formula is C27H29ClN4O3. The molecule has 3 heterocycles. The minimum Gasteiger partial charge on any atom is -0.465 e. The Bertz CT molecular complexity index is 1220. The molecule has 2 saturated heterocycles. The van der Waals surface area contributed by atoms with E-state index >= 15 is 0 Å². The molecule has 2 aliphatic rings. The topological polar surface area (TPSA) is 78.7 Å². The van der Waals surface area contributed by atoms with Crippen molar-refractivity contribution in [1.82, 2.24) is 19.6 Å². The van der Waals surface area contributed by atoms with Crippen molar-refractivity contribution < 1.29 is 14.7 Å². The first-order chi connectivity index (χ1) is 16.9. The van der Waals surface area contributed by atoms with Crippen molar-refractivity contribution in [2.75, 3.05) is 26.2 Å². The summed E-state index contributed by atoms with van der Waals surface area (Å²) in [5.74, 6) is 0.0198. The van der Waals surface area contributed by atoms with Crippen molar-refractivity contribution >= 4 is 23.6 Å². The van der Waals surface area contributed by atoms with Crippen LogP contribution in [0, 0.1) is 0 Å². The van der Waals surface area contributed by atoms with Gasteiger partial charge in [0.15, 0.2) is 0 Å². The molecule has 2 aromatic carbocycles. The van der Waals surface area contributed by atoms with Crippen LogP contribution < -0.4 is 0 Å². The maximum absolute atomic E-state index is 13.8. The molecule has 2 fully saturated rings. The maximum atomic E-state index is 13.8. The summed E-state index contributed by atoms with van der Waals surface area (Å²) < 4.78 is 1.83. The van der Waals surface area contributed by atoms with E-state index in [2.05, 4.69) is 24.2 Å². The average Bonchev–Trinajstić information content (AvgIpc) is 3.50. The van der Waals surface area contributed by atoms with Gasteiger partial charge in [0, 0.05) is 42.5 Å². The number of rotatable bonds is 4. The average molecular weight is 493 g/mol. The Hall–Kier alpha value is -3.32. The van der Waals surface area contributed by atoms with E-state index in [9.17, 15) is 14.7 Å². The fraction of sp³-hybridized carbons (Fsp3) is 0.370. The molecule has 5 rings (SSSR count). The van der Waals surface area contributed by atoms with Crippen LogP contribution in [0.2, 0.25) is 5.02 Å². The smallest absolute Gasteiger partial charge is 0.407 e. The van der Waals surface area contributed by atoms with Gasteiger partial charge in [-0.2, -0.15) is 5.10 Å². The van der Waals surface area contributed by atoms with Gasteiger partial charge in [0.25, 0.3) is 5.91 Å². The Kier molecular flexibility index (Phi) is 6.28. The van der Waals surface area contributed by atoms with Crippen LogP contribution in [0.1, 0.15) is 53.7 Å². The van der Waals surface area contributed by atoms with E-state index < -0.39 is 6.09 Å². The Morgan fingerprint density at radius 1 is 1.00 bits per heavy atom. The number of hydrogen-bond donors (Lipinski definition) is 1. The largest absolute Gasteiger partial charge is 0.465 e. The third-order valence-corrected chi connectivity index (χ3v) is 7.74. The Labute approximate surface area is 209 Å². The Balaban J connectivity index is 1.46. The minimum absolute atomic E-state index is 0.0134. The number of benzene rings is 2. The molecule has 35 heavy (non-hydrogen) atoms. The number of carbonyl (C=O) groups is 2. The third kappa shape index (κ3) is 4.52. The first-order valence-electron chi connectivity index (χ1n) is 12.0. The van der Waals surface area contributed by atoms with Crippen LogP contribution in [-0.2, 0) is 5.41 Å². The number of hydrogen-bond acceptors (Lipinski definition) is 3. The van der Waals surface area contributed by atoms with Crippen molar-refractivity contribution in [2.45, 2.75) is 37.5 Å². The first-order valence-corrected chi connectivity index (χ1v) is 12.4. The van der Waals surface area contributed by atoms with Crippen LogP contribution >= 0.6 is 11.6 Å². The van der Waals surface area contributed by atoms with Crippen LogP contribution in [0.3, 0.4) is 0 Å². The molecule has 1 atom stereocenters. The molecule has 3 aromatic rings. The fourth-order valence-corrected chi connectivity index (χ4v) is 5.55. The highest BCUT2D eigenvalue weighted by Gasteiger charge is 2.39. The fourth-order valence-electron chi connectivity index (χ4n) is 5.43. The summed E-state index contributed by atoms with van der Waals surface area (Å²) in [5.41, 5.74) is 3.45. The number of likely N-dealkylation sites (tertiary alicyclic amines) is 2. The number of nitrogens with zero attached hydrogens (tertiary/aromatic N) is 4. The lowest BCUT2D eigenvalue weighted by Crippen LogP contribution is -2.38. The quantitative estimate of drug-likeness (QED) is 0.543. The van der Waals surface area contributed by atoms with Crippen LogP contribution in [0.4, 0.5) is 4.79 Å². The lowest BCUT2D eigenvalue weighted by molar-refractivity contribution is 0.0781. The molecule has 2 aliphatic heterocycles. The number of halogens is 1. The van der Waals surface area contributed by atoms with E-state index in [1.165, 1.54) is 10.5 Å². The summed E-state index contributed by atoms with van der Waals surface area (Å²) >= 11 is 6.10. The molecule has 1 N–H and O–H groups in total. The second-order valence-electron chi connectivity index (χ2n) is 9.78. The monoisotopic (exact) mass is 492 g/mol. The van der Waals surface area contributed by atoms with Gasteiger partial charge in [-0.05, 0) is 49.1 Å². The number of amides is 2. The molecule has 7 nitrogen and oxygen atoms in total. The molecule has 0 radical (unpaired) electrons. The minimum atomic E-state index is -0.900. The maximum Gasteiger partial charge on any atom is 0.407 e. The molecule has 182 valence electrons. The van der Waals surface area contributed by atoms with Crippen molar-refractivity contribution in [3.63, 3.8) is 0 Å². The number of carbonyl (C=O) groups excluding carboxylic acids is 1. The second-order valence-corrected chi connectivity index (χ2v) is 10.2. The zero-order valence-electron chi connectivity index (χ0n) is 19.7. The molecule has 2 amide bonds. The van der Waals surface area contributed by atoms with Gasteiger partial charge in [-0.1, -0.05) is 48.9 Å². The first kappa shape index (κ1) is 23.4. The summed E-state index contributed by atoms with van der Waals surface area (Å²) in [6, 6.07) is 17.8. The van der Waals surface area contributed by atoms with Crippen molar-refractivity contribution in [2.24, 2.45) is 0 Å². The normalized spacial score (nSPS) is 20.9. The van der Waals surface area contributed by atoms with Crippen molar-refractivity contribution in [3.8, 4) is 5.69 Å². The molecule has 0 spiro atoms. The van der Waals surface area contributed by atoms with E-state index in [-0.39, 0.29) is 17.2 Å². The van der Waals surface area contributed by atoms with E-state index in [1.54, 1.807) is 6.20 Å². The van der Waals surface area contributed by atoms with Gasteiger partial charge in [-0.25, -0.2) is 9.48 Å². The molecule has 8 heteroatoms. The zero-order chi connectivity index (χ0) is 24.6. The van der Waals surface area contributed by atoms with E-state index in [0.717, 1.165) is 17.8 Å². The summed E-state index contributed by atoms with van der Waals surface area (Å²) in [7, 11) is 0. The van der Waals surface area contributed by atoms with Crippen molar-refractivity contribution in [1.29, 1.82) is 0 Å². The van der Waals surface area contributed by atoms with Gasteiger partial charge < -0.3 is 14.9 Å². The van der Waals surface area contributed by atoms with Crippen LogP contribution in [0.5, 0.6) is 0 Å². The summed E-state index contributed by atoms with van der Waals surface area (Å²) in [6.07, 6.45) is 2.97. The van der Waals surface area contributed by atoms with E-state index in [4.69, 9.17) is 11.6 Å². The van der Waals surface area contributed by atoms with E-state index in [0.29, 0.717) is 49.6 Å². The van der Waals surface area contributed by atoms with E-state index in [1.807, 2.05) is 52.0 Å². The van der Waals surface area contributed by atoms with Gasteiger partial charge in [0.05, 0.1) is 23.1 Å².